The van der Waals surface area contributed by atoms with Gasteiger partial charge in [-0.25, -0.2) is 0 Å². The van der Waals surface area contributed by atoms with Gasteiger partial charge in [-0.15, -0.1) is 0 Å². The number of amides is 1. The zero-order valence-electron chi connectivity index (χ0n) is 13.0. The van der Waals surface area contributed by atoms with Crippen molar-refractivity contribution in [1.82, 2.24) is 5.32 Å². The van der Waals surface area contributed by atoms with Crippen molar-refractivity contribution in [3.63, 3.8) is 0 Å². The van der Waals surface area contributed by atoms with E-state index in [-0.39, 0.29) is 16.9 Å². The third-order valence-corrected chi connectivity index (χ3v) is 9.15. The van der Waals surface area contributed by atoms with Crippen molar-refractivity contribution >= 4 is 14.2 Å². The van der Waals surface area contributed by atoms with Gasteiger partial charge in [-0.1, -0.05) is 34.6 Å². The number of carbonyl (C=O) groups is 1. The van der Waals surface area contributed by atoms with Gasteiger partial charge in [0.25, 0.3) is 0 Å². The first-order valence-electron chi connectivity index (χ1n) is 7.04. The van der Waals surface area contributed by atoms with E-state index in [1.807, 2.05) is 0 Å². The van der Waals surface area contributed by atoms with E-state index in [9.17, 15) is 4.79 Å². The summed E-state index contributed by atoms with van der Waals surface area (Å²) >= 11 is 0. The Morgan fingerprint density at radius 1 is 1.39 bits per heavy atom. The summed E-state index contributed by atoms with van der Waals surface area (Å²) in [6.45, 7) is 16.3. The van der Waals surface area contributed by atoms with E-state index >= 15 is 0 Å². The van der Waals surface area contributed by atoms with Crippen LogP contribution in [-0.4, -0.2) is 26.9 Å². The van der Waals surface area contributed by atoms with E-state index in [4.69, 9.17) is 4.43 Å². The normalized spacial score (nSPS) is 26.5. The Hall–Kier alpha value is -0.353. The maximum absolute atomic E-state index is 11.4. The molecule has 0 spiro atoms. The second-order valence-electron chi connectivity index (χ2n) is 7.10. The number of nitrogens with one attached hydrogen (secondary N) is 1. The third-order valence-electron chi connectivity index (χ3n) is 4.65. The summed E-state index contributed by atoms with van der Waals surface area (Å²) in [6.07, 6.45) is 0.931. The fourth-order valence-corrected chi connectivity index (χ4v) is 3.19. The number of carbonyl (C=O) groups excluding carboxylic acids is 1. The molecule has 1 rings (SSSR count). The first-order chi connectivity index (χ1) is 8.10. The Balaban J connectivity index is 2.47. The molecule has 4 heteroatoms. The van der Waals surface area contributed by atoms with Crippen LogP contribution in [0.15, 0.2) is 0 Å². The van der Waals surface area contributed by atoms with Gasteiger partial charge in [0.2, 0.25) is 5.91 Å². The van der Waals surface area contributed by atoms with Crippen LogP contribution in [0.25, 0.3) is 0 Å². The standard InChI is InChI=1S/C14H29NO2Si/c1-8-11-12(15-13(11)16)10(2)9-17-18(6,7)14(3,4)5/h10-12H,8-9H2,1-7H3,(H,15,16)/t10-,11-,12-/m1/s1. The minimum atomic E-state index is -1.66. The molecular formula is C14H29NO2Si. The van der Waals surface area contributed by atoms with Gasteiger partial charge >= 0.3 is 0 Å². The molecule has 1 aliphatic rings. The highest BCUT2D eigenvalue weighted by Crippen LogP contribution is 2.37. The van der Waals surface area contributed by atoms with Gasteiger partial charge in [-0.05, 0) is 30.5 Å². The highest BCUT2D eigenvalue weighted by atomic mass is 28.4. The molecule has 1 N–H and O–H groups in total. The van der Waals surface area contributed by atoms with Crippen LogP contribution in [0.5, 0.6) is 0 Å². The Labute approximate surface area is 113 Å². The molecule has 1 saturated heterocycles. The lowest BCUT2D eigenvalue weighted by Gasteiger charge is -2.42. The van der Waals surface area contributed by atoms with Crippen LogP contribution in [-0.2, 0) is 9.22 Å². The van der Waals surface area contributed by atoms with Crippen LogP contribution in [0.4, 0.5) is 0 Å². The Kier molecular flexibility index (Phi) is 4.65. The van der Waals surface area contributed by atoms with Crippen LogP contribution in [0.3, 0.4) is 0 Å². The van der Waals surface area contributed by atoms with Gasteiger partial charge < -0.3 is 9.74 Å². The van der Waals surface area contributed by atoms with Crippen LogP contribution in [0.2, 0.25) is 18.1 Å². The highest BCUT2D eigenvalue weighted by Gasteiger charge is 2.42. The zero-order valence-corrected chi connectivity index (χ0v) is 14.0. The van der Waals surface area contributed by atoms with Crippen molar-refractivity contribution in [2.45, 2.75) is 65.2 Å². The first kappa shape index (κ1) is 15.7. The number of rotatable bonds is 5. The Morgan fingerprint density at radius 2 is 1.94 bits per heavy atom. The monoisotopic (exact) mass is 271 g/mol. The van der Waals surface area contributed by atoms with Crippen LogP contribution < -0.4 is 5.32 Å². The Morgan fingerprint density at radius 3 is 2.33 bits per heavy atom. The fraction of sp³-hybridized carbons (Fsp3) is 0.929. The maximum Gasteiger partial charge on any atom is 0.225 e. The number of hydrogen-bond acceptors (Lipinski definition) is 2. The smallest absolute Gasteiger partial charge is 0.225 e. The summed E-state index contributed by atoms with van der Waals surface area (Å²) in [5.74, 6) is 0.812. The third kappa shape index (κ3) is 3.15. The van der Waals surface area contributed by atoms with Crippen molar-refractivity contribution in [3.8, 4) is 0 Å². The summed E-state index contributed by atoms with van der Waals surface area (Å²) in [7, 11) is -1.66. The summed E-state index contributed by atoms with van der Waals surface area (Å²) in [5.41, 5.74) is 0. The molecular weight excluding hydrogens is 242 g/mol. The first-order valence-corrected chi connectivity index (χ1v) is 9.95. The number of hydrogen-bond donors (Lipinski definition) is 1. The van der Waals surface area contributed by atoms with Gasteiger partial charge in [0.05, 0.1) is 5.92 Å². The lowest BCUT2D eigenvalue weighted by Crippen LogP contribution is -2.61. The second kappa shape index (κ2) is 5.33. The molecule has 0 aromatic carbocycles. The molecule has 1 amide bonds. The minimum absolute atomic E-state index is 0.197. The molecule has 3 nitrogen and oxygen atoms in total. The van der Waals surface area contributed by atoms with Gasteiger partial charge in [0, 0.05) is 12.6 Å². The van der Waals surface area contributed by atoms with Gasteiger partial charge in [-0.3, -0.25) is 4.79 Å². The van der Waals surface area contributed by atoms with Gasteiger partial charge in [-0.2, -0.15) is 0 Å². The summed E-state index contributed by atoms with van der Waals surface area (Å²) < 4.78 is 6.23. The largest absolute Gasteiger partial charge is 0.416 e. The maximum atomic E-state index is 11.4. The average molecular weight is 271 g/mol. The molecule has 0 aromatic heterocycles. The average Bonchev–Trinajstić information content (AvgIpc) is 2.21. The predicted octanol–water partition coefficient (Wildman–Crippen LogP) is 3.17. The minimum Gasteiger partial charge on any atom is -0.416 e. The quantitative estimate of drug-likeness (QED) is 0.616. The highest BCUT2D eigenvalue weighted by molar-refractivity contribution is 6.74. The predicted molar refractivity (Wildman–Crippen MR) is 78.0 cm³/mol. The van der Waals surface area contributed by atoms with E-state index in [0.29, 0.717) is 12.0 Å². The number of β-lactam (4-membered cyclic amide) rings is 1. The van der Waals surface area contributed by atoms with Crippen molar-refractivity contribution in [2.24, 2.45) is 11.8 Å². The SMILES string of the molecule is CC[C@H]1C(=O)N[C@@H]1[C@H](C)CO[Si](C)(C)C(C)(C)C. The summed E-state index contributed by atoms with van der Waals surface area (Å²) in [5, 5.41) is 3.26. The molecule has 1 aliphatic heterocycles. The van der Waals surface area contributed by atoms with Crippen LogP contribution >= 0.6 is 0 Å². The molecule has 106 valence electrons. The van der Waals surface area contributed by atoms with Gasteiger partial charge in [0.1, 0.15) is 0 Å². The molecule has 1 heterocycles. The Bertz CT molecular complexity index is 309. The molecule has 0 unspecified atom stereocenters. The molecule has 0 aliphatic carbocycles. The lowest BCUT2D eigenvalue weighted by atomic mass is 9.81. The van der Waals surface area contributed by atoms with Crippen molar-refractivity contribution in [3.05, 3.63) is 0 Å². The van der Waals surface area contributed by atoms with Crippen LogP contribution in [0.1, 0.15) is 41.0 Å². The van der Waals surface area contributed by atoms with Crippen molar-refractivity contribution in [1.29, 1.82) is 0 Å². The second-order valence-corrected chi connectivity index (χ2v) is 11.9. The topological polar surface area (TPSA) is 38.3 Å². The summed E-state index contributed by atoms with van der Waals surface area (Å²) in [6, 6.07) is 0.312. The van der Waals surface area contributed by atoms with E-state index < -0.39 is 8.32 Å². The van der Waals surface area contributed by atoms with E-state index in [1.54, 1.807) is 0 Å². The van der Waals surface area contributed by atoms with E-state index in [1.165, 1.54) is 0 Å². The molecule has 3 atom stereocenters. The lowest BCUT2D eigenvalue weighted by molar-refractivity contribution is -0.137. The fourth-order valence-electron chi connectivity index (χ4n) is 2.08. The van der Waals surface area contributed by atoms with E-state index in [2.05, 4.69) is 53.0 Å². The molecule has 0 bridgehead atoms. The molecule has 0 radical (unpaired) electrons. The molecule has 0 saturated carbocycles. The molecule has 0 aromatic rings. The van der Waals surface area contributed by atoms with Crippen molar-refractivity contribution < 1.29 is 9.22 Å². The summed E-state index contributed by atoms with van der Waals surface area (Å²) in [4.78, 5) is 11.4. The zero-order chi connectivity index (χ0) is 14.1. The van der Waals surface area contributed by atoms with Crippen molar-refractivity contribution in [2.75, 3.05) is 6.61 Å². The molecule has 18 heavy (non-hydrogen) atoms. The van der Waals surface area contributed by atoms with Crippen LogP contribution in [0, 0.1) is 11.8 Å². The van der Waals surface area contributed by atoms with E-state index in [0.717, 1.165) is 13.0 Å². The van der Waals surface area contributed by atoms with Gasteiger partial charge in [0.15, 0.2) is 8.32 Å². The molecule has 1 fully saturated rings.